The minimum absolute atomic E-state index is 0.0884. The van der Waals surface area contributed by atoms with Crippen LogP contribution in [0.15, 0.2) is 34.7 Å². The zero-order valence-corrected chi connectivity index (χ0v) is 15.3. The van der Waals surface area contributed by atoms with E-state index in [-0.39, 0.29) is 18.1 Å². The monoisotopic (exact) mass is 344 g/mol. The number of furan rings is 1. The molecule has 5 nitrogen and oxygen atoms in total. The summed E-state index contributed by atoms with van der Waals surface area (Å²) in [7, 11) is 1.83. The summed E-state index contributed by atoms with van der Waals surface area (Å²) < 4.78 is 5.90. The number of likely N-dealkylation sites (N-methyl/N-ethyl adjacent to an activating group) is 1. The zero-order valence-electron chi connectivity index (χ0n) is 15.3. The molecular weight excluding hydrogens is 316 g/mol. The number of carbonyl (C=O) groups excluding carboxylic acids is 1. The molecule has 0 bridgehead atoms. The normalized spacial score (nSPS) is 20.7. The van der Waals surface area contributed by atoms with E-state index >= 15 is 0 Å². The molecule has 0 radical (unpaired) electrons. The lowest BCUT2D eigenvalue weighted by atomic mass is 10.1. The summed E-state index contributed by atoms with van der Waals surface area (Å²) in [6.45, 7) is 5.13. The summed E-state index contributed by atoms with van der Waals surface area (Å²) in [5.74, 6) is 0.893. The molecule has 1 fully saturated rings. The minimum atomic E-state index is -0.326. The van der Waals surface area contributed by atoms with Crippen LogP contribution in [0.1, 0.15) is 44.9 Å². The number of aliphatic hydroxyl groups excluding tert-OH is 1. The average molecular weight is 344 g/mol. The number of rotatable bonds is 6. The van der Waals surface area contributed by atoms with E-state index in [9.17, 15) is 9.90 Å². The molecule has 3 unspecified atom stereocenters. The van der Waals surface area contributed by atoms with E-state index in [0.717, 1.165) is 42.5 Å². The molecule has 2 heterocycles. The van der Waals surface area contributed by atoms with Gasteiger partial charge in [0.1, 0.15) is 11.3 Å². The number of hydrogen-bond donors (Lipinski definition) is 1. The van der Waals surface area contributed by atoms with E-state index in [1.165, 1.54) is 0 Å². The van der Waals surface area contributed by atoms with Crippen LogP contribution in [0.2, 0.25) is 0 Å². The van der Waals surface area contributed by atoms with E-state index < -0.39 is 0 Å². The highest BCUT2D eigenvalue weighted by molar-refractivity contribution is 5.80. The lowest BCUT2D eigenvalue weighted by Gasteiger charge is -2.29. The molecule has 0 spiro atoms. The summed E-state index contributed by atoms with van der Waals surface area (Å²) in [6.07, 6.45) is 2.55. The molecule has 1 amide bonds. The van der Waals surface area contributed by atoms with Gasteiger partial charge >= 0.3 is 0 Å². The van der Waals surface area contributed by atoms with Crippen molar-refractivity contribution in [1.82, 2.24) is 9.80 Å². The van der Waals surface area contributed by atoms with Gasteiger partial charge in [-0.15, -0.1) is 0 Å². The number of para-hydroxylation sites is 1. The van der Waals surface area contributed by atoms with Gasteiger partial charge in [0.2, 0.25) is 5.91 Å². The van der Waals surface area contributed by atoms with Crippen LogP contribution in [0.4, 0.5) is 0 Å². The maximum Gasteiger partial charge on any atom is 0.237 e. The SMILES string of the molecule is CC(O)CC1CCCN1CC(=O)N(C)C(C)c1cc2ccccc2o1. The van der Waals surface area contributed by atoms with Gasteiger partial charge in [0.15, 0.2) is 0 Å². The van der Waals surface area contributed by atoms with Gasteiger partial charge in [-0.25, -0.2) is 0 Å². The third-order valence-corrected chi connectivity index (χ3v) is 5.28. The highest BCUT2D eigenvalue weighted by atomic mass is 16.3. The summed E-state index contributed by atoms with van der Waals surface area (Å²) in [5.41, 5.74) is 0.849. The van der Waals surface area contributed by atoms with Crippen LogP contribution in [-0.4, -0.2) is 53.1 Å². The molecule has 0 saturated carbocycles. The van der Waals surface area contributed by atoms with E-state index in [1.807, 2.05) is 51.2 Å². The van der Waals surface area contributed by atoms with Crippen molar-refractivity contribution in [2.75, 3.05) is 20.1 Å². The number of carbonyl (C=O) groups is 1. The van der Waals surface area contributed by atoms with Crippen LogP contribution in [0.3, 0.4) is 0 Å². The van der Waals surface area contributed by atoms with Crippen LogP contribution in [0.25, 0.3) is 11.0 Å². The number of hydrogen-bond acceptors (Lipinski definition) is 4. The smallest absolute Gasteiger partial charge is 0.237 e. The molecule has 0 aliphatic carbocycles. The van der Waals surface area contributed by atoms with Crippen molar-refractivity contribution < 1.29 is 14.3 Å². The number of likely N-dealkylation sites (tertiary alicyclic amines) is 1. The van der Waals surface area contributed by atoms with Crippen LogP contribution < -0.4 is 0 Å². The quantitative estimate of drug-likeness (QED) is 0.874. The molecule has 1 aromatic heterocycles. The topological polar surface area (TPSA) is 56.9 Å². The largest absolute Gasteiger partial charge is 0.459 e. The van der Waals surface area contributed by atoms with E-state index in [2.05, 4.69) is 4.90 Å². The third-order valence-electron chi connectivity index (χ3n) is 5.28. The zero-order chi connectivity index (χ0) is 18.0. The molecule has 1 saturated heterocycles. The van der Waals surface area contributed by atoms with Crippen molar-refractivity contribution >= 4 is 16.9 Å². The fraction of sp³-hybridized carbons (Fsp3) is 0.550. The average Bonchev–Trinajstić information content (AvgIpc) is 3.19. The van der Waals surface area contributed by atoms with Crippen molar-refractivity contribution in [3.05, 3.63) is 36.1 Å². The first kappa shape index (κ1) is 18.0. The van der Waals surface area contributed by atoms with Gasteiger partial charge in [-0.1, -0.05) is 18.2 Å². The Balaban J connectivity index is 1.65. The van der Waals surface area contributed by atoms with Crippen LogP contribution in [-0.2, 0) is 4.79 Å². The fourth-order valence-corrected chi connectivity index (χ4v) is 3.66. The third kappa shape index (κ3) is 4.05. The van der Waals surface area contributed by atoms with Crippen molar-refractivity contribution in [3.63, 3.8) is 0 Å². The Bertz CT molecular complexity index is 692. The Morgan fingerprint density at radius 1 is 1.40 bits per heavy atom. The molecule has 2 aromatic rings. The summed E-state index contributed by atoms with van der Waals surface area (Å²) in [4.78, 5) is 16.7. The Morgan fingerprint density at radius 3 is 2.88 bits per heavy atom. The summed E-state index contributed by atoms with van der Waals surface area (Å²) in [6, 6.07) is 10.1. The molecule has 25 heavy (non-hydrogen) atoms. The molecule has 3 atom stereocenters. The second-order valence-corrected chi connectivity index (χ2v) is 7.22. The van der Waals surface area contributed by atoms with Crippen molar-refractivity contribution in [1.29, 1.82) is 0 Å². The molecule has 1 aromatic carbocycles. The Hall–Kier alpha value is -1.85. The van der Waals surface area contributed by atoms with E-state index in [1.54, 1.807) is 4.90 Å². The minimum Gasteiger partial charge on any atom is -0.459 e. The highest BCUT2D eigenvalue weighted by Gasteiger charge is 2.29. The fourth-order valence-electron chi connectivity index (χ4n) is 3.66. The summed E-state index contributed by atoms with van der Waals surface area (Å²) in [5, 5.41) is 10.7. The lowest BCUT2D eigenvalue weighted by molar-refractivity contribution is -0.133. The van der Waals surface area contributed by atoms with Gasteiger partial charge < -0.3 is 14.4 Å². The predicted octanol–water partition coefficient (Wildman–Crippen LogP) is 3.19. The van der Waals surface area contributed by atoms with Crippen LogP contribution in [0.5, 0.6) is 0 Å². The Kier molecular flexibility index (Phi) is 5.45. The number of fused-ring (bicyclic) bond motifs is 1. The maximum atomic E-state index is 12.7. The van der Waals surface area contributed by atoms with Gasteiger partial charge in [-0.3, -0.25) is 9.69 Å². The van der Waals surface area contributed by atoms with E-state index in [4.69, 9.17) is 4.42 Å². The summed E-state index contributed by atoms with van der Waals surface area (Å²) >= 11 is 0. The van der Waals surface area contributed by atoms with Crippen LogP contribution >= 0.6 is 0 Å². The number of amides is 1. The molecule has 1 aliphatic heterocycles. The van der Waals surface area contributed by atoms with Gasteiger partial charge in [0.25, 0.3) is 0 Å². The number of aliphatic hydroxyl groups is 1. The highest BCUT2D eigenvalue weighted by Crippen LogP contribution is 2.27. The molecule has 5 heteroatoms. The molecule has 1 aliphatic rings. The lowest BCUT2D eigenvalue weighted by Crippen LogP contribution is -2.42. The van der Waals surface area contributed by atoms with Crippen LogP contribution in [0, 0.1) is 0 Å². The Morgan fingerprint density at radius 2 is 2.16 bits per heavy atom. The first-order valence-corrected chi connectivity index (χ1v) is 9.12. The number of nitrogens with zero attached hydrogens (tertiary/aromatic N) is 2. The molecule has 136 valence electrons. The van der Waals surface area contributed by atoms with Crippen molar-refractivity contribution in [3.8, 4) is 0 Å². The van der Waals surface area contributed by atoms with Gasteiger partial charge in [-0.2, -0.15) is 0 Å². The first-order valence-electron chi connectivity index (χ1n) is 9.12. The van der Waals surface area contributed by atoms with Gasteiger partial charge in [0.05, 0.1) is 18.7 Å². The molecular formula is C20H28N2O3. The predicted molar refractivity (Wildman–Crippen MR) is 98.3 cm³/mol. The van der Waals surface area contributed by atoms with Crippen molar-refractivity contribution in [2.45, 2.75) is 51.3 Å². The van der Waals surface area contributed by atoms with E-state index in [0.29, 0.717) is 12.6 Å². The van der Waals surface area contributed by atoms with Gasteiger partial charge in [-0.05, 0) is 51.8 Å². The van der Waals surface area contributed by atoms with Gasteiger partial charge in [0, 0.05) is 18.5 Å². The molecule has 3 rings (SSSR count). The Labute approximate surface area is 149 Å². The molecule has 1 N–H and O–H groups in total. The number of benzene rings is 1. The second-order valence-electron chi connectivity index (χ2n) is 7.22. The second kappa shape index (κ2) is 7.58. The maximum absolute atomic E-state index is 12.7. The first-order chi connectivity index (χ1) is 12.0. The standard InChI is InChI=1S/C20H28N2O3/c1-14(23)11-17-8-6-10-22(17)13-20(24)21(3)15(2)19-12-16-7-4-5-9-18(16)25-19/h4-5,7,9,12,14-15,17,23H,6,8,10-11,13H2,1-3H3. The van der Waals surface area contributed by atoms with Crippen molar-refractivity contribution in [2.24, 2.45) is 0 Å².